The van der Waals surface area contributed by atoms with Crippen molar-refractivity contribution in [2.45, 2.75) is 25.3 Å². The Kier molecular flexibility index (Phi) is 2.06. The van der Waals surface area contributed by atoms with E-state index >= 15 is 0 Å². The first kappa shape index (κ1) is 8.36. The summed E-state index contributed by atoms with van der Waals surface area (Å²) < 4.78 is 12.6. The Balaban J connectivity index is 2.92. The highest BCUT2D eigenvalue weighted by Gasteiger charge is 2.35. The van der Waals surface area contributed by atoms with Gasteiger partial charge in [0.1, 0.15) is 12.2 Å². The van der Waals surface area contributed by atoms with Crippen molar-refractivity contribution < 1.29 is 19.4 Å². The third-order valence-electron chi connectivity index (χ3n) is 1.73. The highest BCUT2D eigenvalue weighted by atomic mass is 19.1. The predicted octanol–water partition coefficient (Wildman–Crippen LogP) is -0.425. The van der Waals surface area contributed by atoms with E-state index < -0.39 is 24.2 Å². The van der Waals surface area contributed by atoms with Crippen LogP contribution in [0.15, 0.2) is 11.6 Å². The number of halogens is 1. The van der Waals surface area contributed by atoms with E-state index in [1.165, 1.54) is 6.92 Å². The molecule has 0 bridgehead atoms. The van der Waals surface area contributed by atoms with Crippen LogP contribution in [0.2, 0.25) is 0 Å². The molecule has 3 atom stereocenters. The fourth-order valence-electron chi connectivity index (χ4n) is 0.987. The van der Waals surface area contributed by atoms with Crippen molar-refractivity contribution in [3.05, 3.63) is 11.6 Å². The number of rotatable bonds is 0. The molecular weight excluding hydrogens is 151 g/mol. The van der Waals surface area contributed by atoms with Gasteiger partial charge in [0.05, 0.1) is 0 Å². The Bertz CT molecular complexity index is 212. The quantitative estimate of drug-likeness (QED) is 0.505. The van der Waals surface area contributed by atoms with Crippen LogP contribution >= 0.6 is 0 Å². The zero-order chi connectivity index (χ0) is 8.59. The molecule has 3 nitrogen and oxygen atoms in total. The summed E-state index contributed by atoms with van der Waals surface area (Å²) in [5, 5.41) is 17.9. The van der Waals surface area contributed by atoms with Crippen LogP contribution in [0, 0.1) is 0 Å². The average molecular weight is 160 g/mol. The van der Waals surface area contributed by atoms with Crippen LogP contribution in [0.4, 0.5) is 4.39 Å². The summed E-state index contributed by atoms with van der Waals surface area (Å²) in [6, 6.07) is 0. The number of aliphatic hydroxyl groups excluding tert-OH is 2. The van der Waals surface area contributed by atoms with Gasteiger partial charge >= 0.3 is 0 Å². The lowest BCUT2D eigenvalue weighted by Crippen LogP contribution is -2.43. The molecule has 0 heterocycles. The number of hydrogen-bond acceptors (Lipinski definition) is 3. The van der Waals surface area contributed by atoms with Gasteiger partial charge in [0, 0.05) is 0 Å². The zero-order valence-electron chi connectivity index (χ0n) is 5.99. The summed E-state index contributed by atoms with van der Waals surface area (Å²) in [4.78, 5) is 10.6. The molecule has 0 aromatic carbocycles. The Morgan fingerprint density at radius 2 is 2.09 bits per heavy atom. The van der Waals surface area contributed by atoms with Gasteiger partial charge in [0.25, 0.3) is 0 Å². The molecule has 11 heavy (non-hydrogen) atoms. The summed E-state index contributed by atoms with van der Waals surface area (Å²) in [7, 11) is 0. The van der Waals surface area contributed by atoms with Crippen molar-refractivity contribution in [2.75, 3.05) is 0 Å². The van der Waals surface area contributed by atoms with Crippen LogP contribution in [0.3, 0.4) is 0 Å². The van der Waals surface area contributed by atoms with Gasteiger partial charge in [-0.3, -0.25) is 4.79 Å². The third-order valence-corrected chi connectivity index (χ3v) is 1.73. The lowest BCUT2D eigenvalue weighted by molar-refractivity contribution is -0.127. The van der Waals surface area contributed by atoms with E-state index in [0.717, 1.165) is 6.08 Å². The van der Waals surface area contributed by atoms with E-state index in [1.54, 1.807) is 0 Å². The van der Waals surface area contributed by atoms with Crippen molar-refractivity contribution in [3.8, 4) is 0 Å². The van der Waals surface area contributed by atoms with Gasteiger partial charge in [-0.05, 0) is 18.6 Å². The first-order chi connectivity index (χ1) is 5.04. The van der Waals surface area contributed by atoms with Crippen LogP contribution in [-0.2, 0) is 4.79 Å². The molecule has 1 aliphatic rings. The number of alkyl halides is 1. The maximum absolute atomic E-state index is 12.6. The molecule has 0 saturated heterocycles. The Labute approximate surface area is 63.1 Å². The van der Waals surface area contributed by atoms with E-state index in [1.807, 2.05) is 0 Å². The highest BCUT2D eigenvalue weighted by molar-refractivity contribution is 5.95. The van der Waals surface area contributed by atoms with Crippen molar-refractivity contribution in [2.24, 2.45) is 0 Å². The molecule has 0 aromatic rings. The second-order valence-electron chi connectivity index (χ2n) is 2.63. The zero-order valence-corrected chi connectivity index (χ0v) is 5.99. The molecule has 4 heteroatoms. The standard InChI is InChI=1S/C7H9FO3/c1-3-2-4(9)5(8)7(11)6(3)10/h2,5-7,10-11H,1H3/t5-,6-,7+/m0/s1. The largest absolute Gasteiger partial charge is 0.387 e. The van der Waals surface area contributed by atoms with Gasteiger partial charge in [-0.15, -0.1) is 0 Å². The van der Waals surface area contributed by atoms with Crippen molar-refractivity contribution in [1.82, 2.24) is 0 Å². The van der Waals surface area contributed by atoms with Crippen LogP contribution < -0.4 is 0 Å². The summed E-state index contributed by atoms with van der Waals surface area (Å²) in [5.74, 6) is -0.777. The van der Waals surface area contributed by atoms with E-state index in [-0.39, 0.29) is 0 Å². The molecule has 0 spiro atoms. The van der Waals surface area contributed by atoms with E-state index in [9.17, 15) is 9.18 Å². The summed E-state index contributed by atoms with van der Waals surface area (Å²) in [6.45, 7) is 1.47. The second-order valence-corrected chi connectivity index (χ2v) is 2.63. The maximum Gasteiger partial charge on any atom is 0.192 e. The third kappa shape index (κ3) is 1.32. The van der Waals surface area contributed by atoms with E-state index in [2.05, 4.69) is 0 Å². The smallest absolute Gasteiger partial charge is 0.192 e. The monoisotopic (exact) mass is 160 g/mol. The van der Waals surface area contributed by atoms with Crippen LogP contribution in [0.5, 0.6) is 0 Å². The number of ketones is 1. The summed E-state index contributed by atoms with van der Waals surface area (Å²) in [6.07, 6.45) is -3.81. The molecule has 0 fully saturated rings. The molecule has 1 rings (SSSR count). The summed E-state index contributed by atoms with van der Waals surface area (Å²) in [5.41, 5.74) is 0.302. The Hall–Kier alpha value is -0.740. The molecule has 0 aromatic heterocycles. The molecule has 2 N–H and O–H groups in total. The number of carbonyl (C=O) groups excluding carboxylic acids is 1. The molecule has 0 amide bonds. The van der Waals surface area contributed by atoms with Crippen LogP contribution in [-0.4, -0.2) is 34.4 Å². The fourth-order valence-corrected chi connectivity index (χ4v) is 0.987. The van der Waals surface area contributed by atoms with Crippen LogP contribution in [0.25, 0.3) is 0 Å². The lowest BCUT2D eigenvalue weighted by atomic mass is 9.93. The molecular formula is C7H9FO3. The van der Waals surface area contributed by atoms with E-state index in [0.29, 0.717) is 5.57 Å². The topological polar surface area (TPSA) is 57.5 Å². The first-order valence-corrected chi connectivity index (χ1v) is 3.26. The van der Waals surface area contributed by atoms with Gasteiger partial charge in [0.15, 0.2) is 12.0 Å². The Morgan fingerprint density at radius 3 is 2.64 bits per heavy atom. The van der Waals surface area contributed by atoms with Gasteiger partial charge in [-0.2, -0.15) is 0 Å². The normalized spacial score (nSPS) is 38.7. The average Bonchev–Trinajstić information content (AvgIpc) is 1.97. The minimum absolute atomic E-state index is 0.302. The molecule has 0 radical (unpaired) electrons. The minimum Gasteiger partial charge on any atom is -0.387 e. The molecule has 0 unspecified atom stereocenters. The van der Waals surface area contributed by atoms with Gasteiger partial charge in [0.2, 0.25) is 0 Å². The van der Waals surface area contributed by atoms with Gasteiger partial charge in [-0.1, -0.05) is 0 Å². The van der Waals surface area contributed by atoms with Gasteiger partial charge < -0.3 is 10.2 Å². The Morgan fingerprint density at radius 1 is 1.55 bits per heavy atom. The van der Waals surface area contributed by atoms with Crippen molar-refractivity contribution >= 4 is 5.78 Å². The lowest BCUT2D eigenvalue weighted by Gasteiger charge is -2.24. The molecule has 0 saturated carbocycles. The van der Waals surface area contributed by atoms with Crippen molar-refractivity contribution in [1.29, 1.82) is 0 Å². The number of carbonyl (C=O) groups is 1. The molecule has 0 aliphatic heterocycles. The van der Waals surface area contributed by atoms with Crippen molar-refractivity contribution in [3.63, 3.8) is 0 Å². The molecule has 62 valence electrons. The number of allylic oxidation sites excluding steroid dienone is 1. The van der Waals surface area contributed by atoms with Crippen LogP contribution in [0.1, 0.15) is 6.92 Å². The predicted molar refractivity (Wildman–Crippen MR) is 35.7 cm³/mol. The minimum atomic E-state index is -1.98. The second kappa shape index (κ2) is 2.71. The highest BCUT2D eigenvalue weighted by Crippen LogP contribution is 2.18. The SMILES string of the molecule is CC1=CC(=O)[C@H](F)[C@@H](O)[C@H]1O. The summed E-state index contributed by atoms with van der Waals surface area (Å²) >= 11 is 0. The first-order valence-electron chi connectivity index (χ1n) is 3.26. The maximum atomic E-state index is 12.6. The molecule has 1 aliphatic carbocycles. The fraction of sp³-hybridized carbons (Fsp3) is 0.571. The van der Waals surface area contributed by atoms with Gasteiger partial charge in [-0.25, -0.2) is 4.39 Å². The van der Waals surface area contributed by atoms with E-state index in [4.69, 9.17) is 10.2 Å². The number of aliphatic hydroxyl groups is 2. The number of hydrogen-bond donors (Lipinski definition) is 2.